The van der Waals surface area contributed by atoms with Crippen LogP contribution in [0.1, 0.15) is 19.5 Å². The van der Waals surface area contributed by atoms with E-state index in [1.54, 1.807) is 18.4 Å². The summed E-state index contributed by atoms with van der Waals surface area (Å²) in [5.74, 6) is 0.203. The Hall–Kier alpha value is -1.15. The second-order valence-electron chi connectivity index (χ2n) is 5.20. The molecule has 110 valence electrons. The van der Waals surface area contributed by atoms with Gasteiger partial charge in [-0.1, -0.05) is 0 Å². The van der Waals surface area contributed by atoms with E-state index in [1.807, 2.05) is 29.8 Å². The van der Waals surface area contributed by atoms with Gasteiger partial charge >= 0.3 is 0 Å². The lowest BCUT2D eigenvalue weighted by molar-refractivity contribution is -0.137. The smallest absolute Gasteiger partial charge is 0.237 e. The molecule has 0 amide bonds. The fourth-order valence-corrected chi connectivity index (χ4v) is 3.08. The molecule has 0 aliphatic carbocycles. The van der Waals surface area contributed by atoms with Crippen LogP contribution in [0, 0.1) is 0 Å². The maximum Gasteiger partial charge on any atom is 0.237 e. The van der Waals surface area contributed by atoms with Crippen LogP contribution in [0.2, 0.25) is 0 Å². The van der Waals surface area contributed by atoms with E-state index in [9.17, 15) is 0 Å². The van der Waals surface area contributed by atoms with Gasteiger partial charge in [-0.05, 0) is 13.8 Å². The Morgan fingerprint density at radius 1 is 1.60 bits per heavy atom. The second-order valence-corrected chi connectivity index (χ2v) is 6.08. The lowest BCUT2D eigenvalue weighted by atomic mass is 10.3. The number of ether oxygens (including phenoxy) is 3. The number of thiazole rings is 1. The third-order valence-corrected chi connectivity index (χ3v) is 4.01. The molecule has 7 heteroatoms. The minimum atomic E-state index is -0.471. The van der Waals surface area contributed by atoms with Gasteiger partial charge < -0.3 is 19.5 Å². The molecule has 2 aromatic heterocycles. The molecule has 1 aliphatic heterocycles. The Morgan fingerprint density at radius 2 is 2.45 bits per heavy atom. The average Bonchev–Trinajstić information content (AvgIpc) is 3.05. The molecule has 1 unspecified atom stereocenters. The molecule has 1 saturated heterocycles. The van der Waals surface area contributed by atoms with Crippen LogP contribution in [0.4, 0.5) is 0 Å². The molecular formula is C13H19N3O3S. The summed E-state index contributed by atoms with van der Waals surface area (Å²) in [6, 6.07) is 0. The molecule has 1 fully saturated rings. The van der Waals surface area contributed by atoms with Gasteiger partial charge in [0.2, 0.25) is 5.88 Å². The molecule has 0 spiro atoms. The third-order valence-electron chi connectivity index (χ3n) is 3.25. The summed E-state index contributed by atoms with van der Waals surface area (Å²) in [5, 5.41) is 5.40. The SMILES string of the molecule is COc1nc2sccn2c1CNCC1COC(C)(C)O1. The van der Waals surface area contributed by atoms with Crippen LogP contribution in [0.25, 0.3) is 4.96 Å². The second kappa shape index (κ2) is 5.33. The van der Waals surface area contributed by atoms with Crippen molar-refractivity contribution in [3.8, 4) is 5.88 Å². The van der Waals surface area contributed by atoms with Gasteiger partial charge in [-0.3, -0.25) is 4.40 Å². The number of aromatic nitrogens is 2. The number of methoxy groups -OCH3 is 1. The van der Waals surface area contributed by atoms with Crippen molar-refractivity contribution in [3.05, 3.63) is 17.3 Å². The van der Waals surface area contributed by atoms with Gasteiger partial charge in [0.05, 0.1) is 19.8 Å². The molecule has 0 saturated carbocycles. The zero-order valence-corrected chi connectivity index (χ0v) is 12.7. The summed E-state index contributed by atoms with van der Waals surface area (Å²) in [6.45, 7) is 5.91. The predicted octanol–water partition coefficient (Wildman–Crippen LogP) is 1.65. The largest absolute Gasteiger partial charge is 0.480 e. The normalized spacial score (nSPS) is 21.6. The van der Waals surface area contributed by atoms with Crippen LogP contribution >= 0.6 is 11.3 Å². The highest BCUT2D eigenvalue weighted by atomic mass is 32.1. The van der Waals surface area contributed by atoms with Gasteiger partial charge in [-0.15, -0.1) is 11.3 Å². The zero-order valence-electron chi connectivity index (χ0n) is 11.9. The zero-order chi connectivity index (χ0) is 14.2. The number of nitrogens with zero attached hydrogens (tertiary/aromatic N) is 2. The van der Waals surface area contributed by atoms with E-state index in [1.165, 1.54) is 0 Å². The van der Waals surface area contributed by atoms with Gasteiger partial charge in [0.1, 0.15) is 5.69 Å². The quantitative estimate of drug-likeness (QED) is 0.909. The maximum atomic E-state index is 5.76. The Kier molecular flexibility index (Phi) is 3.68. The highest BCUT2D eigenvalue weighted by Crippen LogP contribution is 2.24. The molecule has 0 radical (unpaired) electrons. The first-order chi connectivity index (χ1) is 9.59. The van der Waals surface area contributed by atoms with Gasteiger partial charge in [0.25, 0.3) is 0 Å². The highest BCUT2D eigenvalue weighted by Gasteiger charge is 2.32. The summed E-state index contributed by atoms with van der Waals surface area (Å²) >= 11 is 1.60. The summed E-state index contributed by atoms with van der Waals surface area (Å²) in [6.07, 6.45) is 2.09. The Bertz CT molecular complexity index is 593. The van der Waals surface area contributed by atoms with Gasteiger partial charge in [-0.25, -0.2) is 0 Å². The first kappa shape index (κ1) is 13.8. The summed E-state index contributed by atoms with van der Waals surface area (Å²) < 4.78 is 18.7. The first-order valence-electron chi connectivity index (χ1n) is 6.60. The molecule has 1 atom stereocenters. The number of nitrogens with one attached hydrogen (secondary N) is 1. The summed E-state index contributed by atoms with van der Waals surface area (Å²) in [7, 11) is 1.65. The van der Waals surface area contributed by atoms with E-state index >= 15 is 0 Å². The number of imidazole rings is 1. The minimum Gasteiger partial charge on any atom is -0.480 e. The third kappa shape index (κ3) is 2.67. The monoisotopic (exact) mass is 297 g/mol. The lowest BCUT2D eigenvalue weighted by Gasteiger charge is -2.17. The summed E-state index contributed by atoms with van der Waals surface area (Å²) in [4.78, 5) is 5.37. The van der Waals surface area contributed by atoms with E-state index < -0.39 is 5.79 Å². The van der Waals surface area contributed by atoms with Crippen LogP contribution in [0.5, 0.6) is 5.88 Å². The molecule has 1 aliphatic rings. The van der Waals surface area contributed by atoms with Crippen LogP contribution in [0.3, 0.4) is 0 Å². The Balaban J connectivity index is 1.61. The number of hydrogen-bond acceptors (Lipinski definition) is 6. The fraction of sp³-hybridized carbons (Fsp3) is 0.615. The van der Waals surface area contributed by atoms with Crippen LogP contribution in [-0.2, 0) is 16.0 Å². The van der Waals surface area contributed by atoms with Crippen molar-refractivity contribution < 1.29 is 14.2 Å². The molecule has 0 bridgehead atoms. The van der Waals surface area contributed by atoms with Gasteiger partial charge in [-0.2, -0.15) is 4.98 Å². The van der Waals surface area contributed by atoms with E-state index in [0.717, 1.165) is 17.2 Å². The highest BCUT2D eigenvalue weighted by molar-refractivity contribution is 7.15. The molecule has 0 aromatic carbocycles. The molecule has 3 rings (SSSR count). The molecule has 20 heavy (non-hydrogen) atoms. The van der Waals surface area contributed by atoms with E-state index in [-0.39, 0.29) is 6.10 Å². The van der Waals surface area contributed by atoms with Crippen molar-refractivity contribution >= 4 is 16.3 Å². The van der Waals surface area contributed by atoms with E-state index in [0.29, 0.717) is 19.0 Å². The molecule has 3 heterocycles. The maximum absolute atomic E-state index is 5.76. The first-order valence-corrected chi connectivity index (χ1v) is 7.48. The topological polar surface area (TPSA) is 57.0 Å². The van der Waals surface area contributed by atoms with Gasteiger partial charge in [0.15, 0.2) is 10.7 Å². The number of rotatable bonds is 5. The van der Waals surface area contributed by atoms with Crippen LogP contribution in [0.15, 0.2) is 11.6 Å². The molecular weight excluding hydrogens is 278 g/mol. The van der Waals surface area contributed by atoms with Gasteiger partial charge in [0, 0.05) is 24.7 Å². The predicted molar refractivity (Wildman–Crippen MR) is 76.2 cm³/mol. The summed E-state index contributed by atoms with van der Waals surface area (Å²) in [5.41, 5.74) is 1.03. The van der Waals surface area contributed by atoms with Crippen molar-refractivity contribution in [1.29, 1.82) is 0 Å². The standard InChI is InChI=1S/C13H19N3O3S/c1-13(2)18-8-9(19-13)6-14-7-10-11(17-3)15-12-16(10)4-5-20-12/h4-5,9,14H,6-8H2,1-3H3. The number of hydrogen-bond donors (Lipinski definition) is 1. The Labute approximate surface area is 121 Å². The lowest BCUT2D eigenvalue weighted by Crippen LogP contribution is -2.30. The fourth-order valence-electron chi connectivity index (χ4n) is 2.35. The molecule has 6 nitrogen and oxygen atoms in total. The molecule has 1 N–H and O–H groups in total. The van der Waals surface area contributed by atoms with Crippen molar-refractivity contribution in [2.75, 3.05) is 20.3 Å². The average molecular weight is 297 g/mol. The van der Waals surface area contributed by atoms with Crippen molar-refractivity contribution in [2.45, 2.75) is 32.3 Å². The Morgan fingerprint density at radius 3 is 3.15 bits per heavy atom. The van der Waals surface area contributed by atoms with E-state index in [4.69, 9.17) is 14.2 Å². The van der Waals surface area contributed by atoms with Crippen molar-refractivity contribution in [2.24, 2.45) is 0 Å². The minimum absolute atomic E-state index is 0.0851. The number of fused-ring (bicyclic) bond motifs is 1. The van der Waals surface area contributed by atoms with Crippen LogP contribution < -0.4 is 10.1 Å². The van der Waals surface area contributed by atoms with Crippen LogP contribution in [-0.4, -0.2) is 41.5 Å². The van der Waals surface area contributed by atoms with E-state index in [2.05, 4.69) is 10.3 Å². The van der Waals surface area contributed by atoms with Crippen molar-refractivity contribution in [3.63, 3.8) is 0 Å². The molecule has 2 aromatic rings. The van der Waals surface area contributed by atoms with Crippen molar-refractivity contribution in [1.82, 2.24) is 14.7 Å².